The first-order valence-corrected chi connectivity index (χ1v) is 7.53. The van der Waals surface area contributed by atoms with E-state index in [9.17, 15) is 4.79 Å². The molecule has 0 unspecified atom stereocenters. The average Bonchev–Trinajstić information content (AvgIpc) is 3.04. The van der Waals surface area contributed by atoms with E-state index in [1.807, 2.05) is 39.1 Å². The van der Waals surface area contributed by atoms with Gasteiger partial charge in [-0.3, -0.25) is 9.48 Å². The summed E-state index contributed by atoms with van der Waals surface area (Å²) in [6, 6.07) is 11.9. The molecular formula is C18H20N4O. The van der Waals surface area contributed by atoms with Gasteiger partial charge in [-0.05, 0) is 38.5 Å². The summed E-state index contributed by atoms with van der Waals surface area (Å²) in [7, 11) is 1.82. The van der Waals surface area contributed by atoms with Crippen molar-refractivity contribution in [2.75, 3.05) is 5.32 Å². The first-order chi connectivity index (χ1) is 11.0. The van der Waals surface area contributed by atoms with E-state index in [1.165, 1.54) is 5.56 Å². The second-order valence-electron chi connectivity index (χ2n) is 5.74. The molecule has 23 heavy (non-hydrogen) atoms. The number of carbonyl (C=O) groups is 1. The van der Waals surface area contributed by atoms with E-state index in [-0.39, 0.29) is 5.91 Å². The van der Waals surface area contributed by atoms with Gasteiger partial charge in [-0.2, -0.15) is 5.10 Å². The third-order valence-corrected chi connectivity index (χ3v) is 3.99. The SMILES string of the molecule is Cc1ccccc1-n1c(C)cc(C(=O)Nc2ccn(C)n2)c1C. The Morgan fingerprint density at radius 3 is 2.52 bits per heavy atom. The number of carbonyl (C=O) groups excluding carboxylic acids is 1. The van der Waals surface area contributed by atoms with Gasteiger partial charge in [0.2, 0.25) is 0 Å². The lowest BCUT2D eigenvalue weighted by atomic mass is 10.2. The minimum Gasteiger partial charge on any atom is -0.317 e. The monoisotopic (exact) mass is 308 g/mol. The molecule has 5 heteroatoms. The lowest BCUT2D eigenvalue weighted by Crippen LogP contribution is -2.13. The van der Waals surface area contributed by atoms with E-state index < -0.39 is 0 Å². The van der Waals surface area contributed by atoms with E-state index in [1.54, 1.807) is 16.9 Å². The molecule has 0 saturated heterocycles. The molecule has 0 atom stereocenters. The van der Waals surface area contributed by atoms with Crippen LogP contribution < -0.4 is 5.32 Å². The lowest BCUT2D eigenvalue weighted by molar-refractivity contribution is 0.102. The first kappa shape index (κ1) is 15.1. The van der Waals surface area contributed by atoms with Crippen LogP contribution in [0, 0.1) is 20.8 Å². The average molecular weight is 308 g/mol. The smallest absolute Gasteiger partial charge is 0.258 e. The van der Waals surface area contributed by atoms with E-state index >= 15 is 0 Å². The number of aromatic nitrogens is 3. The van der Waals surface area contributed by atoms with E-state index in [0.29, 0.717) is 11.4 Å². The van der Waals surface area contributed by atoms with Crippen molar-refractivity contribution in [3.63, 3.8) is 0 Å². The van der Waals surface area contributed by atoms with Crippen molar-refractivity contribution in [3.8, 4) is 5.69 Å². The van der Waals surface area contributed by atoms with Crippen LogP contribution in [0.15, 0.2) is 42.6 Å². The van der Waals surface area contributed by atoms with Crippen molar-refractivity contribution in [2.24, 2.45) is 7.05 Å². The molecule has 5 nitrogen and oxygen atoms in total. The van der Waals surface area contributed by atoms with Crippen LogP contribution in [0.5, 0.6) is 0 Å². The van der Waals surface area contributed by atoms with Crippen molar-refractivity contribution in [2.45, 2.75) is 20.8 Å². The molecule has 0 aliphatic rings. The maximum absolute atomic E-state index is 12.6. The minimum atomic E-state index is -0.142. The molecule has 0 radical (unpaired) electrons. The van der Waals surface area contributed by atoms with Gasteiger partial charge in [0.1, 0.15) is 0 Å². The largest absolute Gasteiger partial charge is 0.317 e. The van der Waals surface area contributed by atoms with Gasteiger partial charge in [-0.25, -0.2) is 0 Å². The van der Waals surface area contributed by atoms with Crippen LogP contribution in [0.2, 0.25) is 0 Å². The molecule has 1 amide bonds. The summed E-state index contributed by atoms with van der Waals surface area (Å²) < 4.78 is 3.77. The number of rotatable bonds is 3. The third-order valence-electron chi connectivity index (χ3n) is 3.99. The summed E-state index contributed by atoms with van der Waals surface area (Å²) in [5.74, 6) is 0.412. The van der Waals surface area contributed by atoms with Gasteiger partial charge in [-0.15, -0.1) is 0 Å². The minimum absolute atomic E-state index is 0.142. The van der Waals surface area contributed by atoms with Crippen LogP contribution in [-0.4, -0.2) is 20.3 Å². The van der Waals surface area contributed by atoms with Gasteiger partial charge < -0.3 is 9.88 Å². The van der Waals surface area contributed by atoms with Crippen molar-refractivity contribution in [1.29, 1.82) is 0 Å². The van der Waals surface area contributed by atoms with E-state index in [0.717, 1.165) is 17.1 Å². The first-order valence-electron chi connectivity index (χ1n) is 7.53. The number of hydrogen-bond acceptors (Lipinski definition) is 2. The molecule has 0 aliphatic carbocycles. The van der Waals surface area contributed by atoms with Crippen LogP contribution >= 0.6 is 0 Å². The Kier molecular flexibility index (Phi) is 3.78. The number of amides is 1. The molecule has 3 rings (SSSR count). The summed E-state index contributed by atoms with van der Waals surface area (Å²) >= 11 is 0. The van der Waals surface area contributed by atoms with Crippen LogP contribution in [0.1, 0.15) is 27.3 Å². The fourth-order valence-electron chi connectivity index (χ4n) is 2.84. The third kappa shape index (κ3) is 2.77. The molecule has 2 heterocycles. The zero-order valence-electron chi connectivity index (χ0n) is 13.8. The van der Waals surface area contributed by atoms with Crippen molar-refractivity contribution in [1.82, 2.24) is 14.3 Å². The normalized spacial score (nSPS) is 10.8. The van der Waals surface area contributed by atoms with Gasteiger partial charge in [0, 0.05) is 36.4 Å². The molecule has 0 spiro atoms. The van der Waals surface area contributed by atoms with Crippen LogP contribution in [0.25, 0.3) is 5.69 Å². The summed E-state index contributed by atoms with van der Waals surface area (Å²) in [5, 5.41) is 7.03. The number of nitrogens with zero attached hydrogens (tertiary/aromatic N) is 3. The number of benzene rings is 1. The predicted molar refractivity (Wildman–Crippen MR) is 91.1 cm³/mol. The summed E-state index contributed by atoms with van der Waals surface area (Å²) in [6.45, 7) is 6.05. The molecule has 1 N–H and O–H groups in total. The van der Waals surface area contributed by atoms with Crippen molar-refractivity contribution < 1.29 is 4.79 Å². The summed E-state index contributed by atoms with van der Waals surface area (Å²) in [4.78, 5) is 12.6. The Morgan fingerprint density at radius 2 is 1.87 bits per heavy atom. The number of nitrogens with one attached hydrogen (secondary N) is 1. The predicted octanol–water partition coefficient (Wildman–Crippen LogP) is 3.39. The Balaban J connectivity index is 1.98. The van der Waals surface area contributed by atoms with E-state index in [4.69, 9.17) is 0 Å². The molecular weight excluding hydrogens is 288 g/mol. The standard InChI is InChI=1S/C18H20N4O/c1-12-7-5-6-8-16(12)22-13(2)11-15(14(22)3)18(23)19-17-9-10-21(4)20-17/h5-11H,1-4H3,(H,19,20,23). The van der Waals surface area contributed by atoms with Gasteiger partial charge >= 0.3 is 0 Å². The van der Waals surface area contributed by atoms with Gasteiger partial charge in [0.25, 0.3) is 5.91 Å². The Bertz CT molecular complexity index is 873. The molecule has 1 aromatic carbocycles. The summed E-state index contributed by atoms with van der Waals surface area (Å²) in [6.07, 6.45) is 1.80. The van der Waals surface area contributed by atoms with Gasteiger partial charge in [0.15, 0.2) is 5.82 Å². The number of para-hydroxylation sites is 1. The second kappa shape index (κ2) is 5.76. The number of hydrogen-bond donors (Lipinski definition) is 1. The van der Waals surface area contributed by atoms with Crippen molar-refractivity contribution >= 4 is 11.7 Å². The Hall–Kier alpha value is -2.82. The zero-order chi connectivity index (χ0) is 16.6. The number of aryl methyl sites for hydroxylation is 3. The summed E-state index contributed by atoms with van der Waals surface area (Å²) in [5.41, 5.74) is 4.88. The van der Waals surface area contributed by atoms with Gasteiger partial charge in [-0.1, -0.05) is 18.2 Å². The molecule has 0 fully saturated rings. The maximum atomic E-state index is 12.6. The van der Waals surface area contributed by atoms with Crippen LogP contribution in [-0.2, 0) is 7.05 Å². The van der Waals surface area contributed by atoms with Crippen LogP contribution in [0.4, 0.5) is 5.82 Å². The highest BCUT2D eigenvalue weighted by Gasteiger charge is 2.18. The molecule has 0 saturated carbocycles. The fraction of sp³-hybridized carbons (Fsp3) is 0.222. The van der Waals surface area contributed by atoms with Gasteiger partial charge in [0.05, 0.1) is 5.56 Å². The van der Waals surface area contributed by atoms with Crippen LogP contribution in [0.3, 0.4) is 0 Å². The number of anilines is 1. The molecule has 0 bridgehead atoms. The molecule has 3 aromatic rings. The topological polar surface area (TPSA) is 51.9 Å². The zero-order valence-corrected chi connectivity index (χ0v) is 13.8. The molecule has 0 aliphatic heterocycles. The molecule has 118 valence electrons. The van der Waals surface area contributed by atoms with E-state index in [2.05, 4.69) is 34.0 Å². The quantitative estimate of drug-likeness (QED) is 0.806. The molecule has 2 aromatic heterocycles. The maximum Gasteiger partial charge on any atom is 0.258 e. The van der Waals surface area contributed by atoms with Crippen molar-refractivity contribution in [3.05, 3.63) is 65.1 Å². The lowest BCUT2D eigenvalue weighted by Gasteiger charge is -2.12. The Labute approximate surface area is 135 Å². The Morgan fingerprint density at radius 1 is 1.13 bits per heavy atom. The second-order valence-corrected chi connectivity index (χ2v) is 5.74. The highest BCUT2D eigenvalue weighted by molar-refractivity contribution is 6.05. The highest BCUT2D eigenvalue weighted by Crippen LogP contribution is 2.23. The fourth-order valence-corrected chi connectivity index (χ4v) is 2.84. The highest BCUT2D eigenvalue weighted by atomic mass is 16.1.